The molecule has 0 bridgehead atoms. The predicted molar refractivity (Wildman–Crippen MR) is 55.8 cm³/mol. The number of aromatic amines is 1. The van der Waals surface area contributed by atoms with Crippen LogP contribution >= 0.6 is 0 Å². The van der Waals surface area contributed by atoms with Crippen LogP contribution in [0.1, 0.15) is 23.4 Å². The molecule has 2 nitrogen and oxygen atoms in total. The molecule has 70 valence electrons. The Hall–Kier alpha value is -1.02. The summed E-state index contributed by atoms with van der Waals surface area (Å²) in [6.07, 6.45) is 7.91. The lowest BCUT2D eigenvalue weighted by atomic mass is 10.0. The molecule has 1 aromatic heterocycles. The maximum Gasteiger partial charge on any atom is 0.0411 e. The van der Waals surface area contributed by atoms with Gasteiger partial charge in [0.1, 0.15) is 0 Å². The van der Waals surface area contributed by atoms with E-state index in [0.717, 1.165) is 13.0 Å². The number of likely N-dealkylation sites (N-methyl/N-ethyl adjacent to an activating group) is 1. The zero-order chi connectivity index (χ0) is 9.10. The topological polar surface area (TPSA) is 27.8 Å². The van der Waals surface area contributed by atoms with Gasteiger partial charge in [0.05, 0.1) is 0 Å². The summed E-state index contributed by atoms with van der Waals surface area (Å²) in [6.45, 7) is 1.04. The van der Waals surface area contributed by atoms with E-state index in [4.69, 9.17) is 0 Å². The fourth-order valence-corrected chi connectivity index (χ4v) is 1.77. The molecule has 1 aliphatic rings. The minimum Gasteiger partial charge on any atom is -0.359 e. The highest BCUT2D eigenvalue weighted by Gasteiger charge is 2.07. The number of fused-ring (bicyclic) bond motifs is 1. The van der Waals surface area contributed by atoms with E-state index in [2.05, 4.69) is 28.5 Å². The monoisotopic (exact) mass is 176 g/mol. The van der Waals surface area contributed by atoms with Gasteiger partial charge in [-0.25, -0.2) is 0 Å². The van der Waals surface area contributed by atoms with Gasteiger partial charge in [0, 0.05) is 17.9 Å². The van der Waals surface area contributed by atoms with Crippen LogP contribution in [-0.4, -0.2) is 18.6 Å². The molecule has 0 fully saturated rings. The lowest BCUT2D eigenvalue weighted by Gasteiger charge is -2.01. The van der Waals surface area contributed by atoms with Crippen LogP contribution in [0.5, 0.6) is 0 Å². The summed E-state index contributed by atoms with van der Waals surface area (Å²) < 4.78 is 0. The third kappa shape index (κ3) is 1.83. The molecule has 0 radical (unpaired) electrons. The largest absolute Gasteiger partial charge is 0.359 e. The smallest absolute Gasteiger partial charge is 0.0411 e. The summed E-state index contributed by atoms with van der Waals surface area (Å²) in [5.74, 6) is 0. The van der Waals surface area contributed by atoms with Crippen LogP contribution in [0.3, 0.4) is 0 Å². The Balaban J connectivity index is 2.12. The molecule has 2 heteroatoms. The molecule has 0 spiro atoms. The average Bonchev–Trinajstić information content (AvgIpc) is 2.57. The molecule has 1 aliphatic carbocycles. The third-order valence-electron chi connectivity index (χ3n) is 2.50. The highest BCUT2D eigenvalue weighted by molar-refractivity contribution is 5.53. The van der Waals surface area contributed by atoms with Crippen LogP contribution in [0.2, 0.25) is 0 Å². The summed E-state index contributed by atoms with van der Waals surface area (Å²) in [4.78, 5) is 3.44. The number of hydrogen-bond acceptors (Lipinski definition) is 1. The number of H-pyrrole nitrogens is 1. The predicted octanol–water partition coefficient (Wildman–Crippen LogP) is 1.74. The van der Waals surface area contributed by atoms with Gasteiger partial charge < -0.3 is 10.3 Å². The molecule has 0 amide bonds. The summed E-state index contributed by atoms with van der Waals surface area (Å²) in [6, 6.07) is 2.30. The van der Waals surface area contributed by atoms with E-state index in [1.54, 1.807) is 0 Å². The lowest BCUT2D eigenvalue weighted by Crippen LogP contribution is -2.10. The van der Waals surface area contributed by atoms with Crippen LogP contribution < -0.4 is 5.32 Å². The summed E-state index contributed by atoms with van der Waals surface area (Å²) in [5, 5.41) is 3.16. The Morgan fingerprint density at radius 1 is 1.54 bits per heavy atom. The molecule has 0 aromatic carbocycles. The fourth-order valence-electron chi connectivity index (χ4n) is 1.77. The van der Waals surface area contributed by atoms with Crippen molar-refractivity contribution in [2.45, 2.75) is 19.3 Å². The van der Waals surface area contributed by atoms with Crippen LogP contribution in [-0.2, 0) is 12.8 Å². The second kappa shape index (κ2) is 3.79. The van der Waals surface area contributed by atoms with Crippen molar-refractivity contribution in [1.82, 2.24) is 10.3 Å². The van der Waals surface area contributed by atoms with Crippen molar-refractivity contribution in [3.8, 4) is 0 Å². The Labute approximate surface area is 79.0 Å². The van der Waals surface area contributed by atoms with Crippen LogP contribution in [0.15, 0.2) is 12.1 Å². The van der Waals surface area contributed by atoms with Gasteiger partial charge in [-0.2, -0.15) is 0 Å². The molecule has 2 N–H and O–H groups in total. The zero-order valence-electron chi connectivity index (χ0n) is 8.06. The molecular formula is C11H16N2. The van der Waals surface area contributed by atoms with E-state index in [1.165, 1.54) is 29.8 Å². The first-order chi connectivity index (χ1) is 6.40. The van der Waals surface area contributed by atoms with E-state index in [9.17, 15) is 0 Å². The summed E-state index contributed by atoms with van der Waals surface area (Å²) in [7, 11) is 1.99. The molecule has 0 atom stereocenters. The molecule has 1 heterocycles. The third-order valence-corrected chi connectivity index (χ3v) is 2.50. The van der Waals surface area contributed by atoms with Crippen LogP contribution in [0, 0.1) is 0 Å². The molecule has 0 unspecified atom stereocenters. The van der Waals surface area contributed by atoms with Gasteiger partial charge >= 0.3 is 0 Å². The number of aromatic nitrogens is 1. The van der Waals surface area contributed by atoms with Gasteiger partial charge in [-0.15, -0.1) is 0 Å². The molecular weight excluding hydrogens is 160 g/mol. The highest BCUT2D eigenvalue weighted by Crippen LogP contribution is 2.19. The minimum atomic E-state index is 1.04. The molecule has 1 aromatic rings. The van der Waals surface area contributed by atoms with E-state index < -0.39 is 0 Å². The Morgan fingerprint density at radius 2 is 2.46 bits per heavy atom. The van der Waals surface area contributed by atoms with Crippen LogP contribution in [0.4, 0.5) is 0 Å². The van der Waals surface area contributed by atoms with Crippen molar-refractivity contribution in [3.05, 3.63) is 29.1 Å². The van der Waals surface area contributed by atoms with E-state index in [-0.39, 0.29) is 0 Å². The first-order valence-corrected chi connectivity index (χ1v) is 4.92. The van der Waals surface area contributed by atoms with Gasteiger partial charge in [0.15, 0.2) is 0 Å². The average molecular weight is 176 g/mol. The number of aryl methyl sites for hydroxylation is 1. The van der Waals surface area contributed by atoms with Gasteiger partial charge in [-0.05, 0) is 44.0 Å². The van der Waals surface area contributed by atoms with Crippen molar-refractivity contribution in [2.75, 3.05) is 13.6 Å². The second-order valence-electron chi connectivity index (χ2n) is 3.53. The summed E-state index contributed by atoms with van der Waals surface area (Å²) >= 11 is 0. The van der Waals surface area contributed by atoms with Gasteiger partial charge in [0.25, 0.3) is 0 Å². The van der Waals surface area contributed by atoms with Crippen molar-refractivity contribution >= 4 is 6.08 Å². The lowest BCUT2D eigenvalue weighted by molar-refractivity contribution is 0.780. The van der Waals surface area contributed by atoms with Crippen molar-refractivity contribution in [1.29, 1.82) is 0 Å². The number of rotatable bonds is 3. The van der Waals surface area contributed by atoms with Crippen molar-refractivity contribution in [3.63, 3.8) is 0 Å². The van der Waals surface area contributed by atoms with E-state index in [0.29, 0.717) is 0 Å². The Bertz CT molecular complexity index is 310. The van der Waals surface area contributed by atoms with Gasteiger partial charge in [0.2, 0.25) is 0 Å². The standard InChI is InChI=1S/C11H16N2/c1-12-7-6-10-8-9-4-2-3-5-11(9)13-10/h3,5,8,12-13H,2,4,6-7H2,1H3. The number of nitrogens with one attached hydrogen (secondary N) is 2. The molecule has 0 saturated carbocycles. The fraction of sp³-hybridized carbons (Fsp3) is 0.455. The molecule has 0 aliphatic heterocycles. The zero-order valence-corrected chi connectivity index (χ0v) is 8.06. The van der Waals surface area contributed by atoms with E-state index >= 15 is 0 Å². The van der Waals surface area contributed by atoms with Crippen molar-refractivity contribution < 1.29 is 0 Å². The van der Waals surface area contributed by atoms with Gasteiger partial charge in [-0.1, -0.05) is 6.08 Å². The first-order valence-electron chi connectivity index (χ1n) is 4.92. The quantitative estimate of drug-likeness (QED) is 0.721. The van der Waals surface area contributed by atoms with E-state index in [1.807, 2.05) is 7.05 Å². The number of hydrogen-bond donors (Lipinski definition) is 2. The molecule has 0 saturated heterocycles. The van der Waals surface area contributed by atoms with Crippen molar-refractivity contribution in [2.24, 2.45) is 0 Å². The summed E-state index contributed by atoms with van der Waals surface area (Å²) in [5.41, 5.74) is 4.15. The second-order valence-corrected chi connectivity index (χ2v) is 3.53. The highest BCUT2D eigenvalue weighted by atomic mass is 14.8. The molecule has 2 rings (SSSR count). The van der Waals surface area contributed by atoms with Crippen LogP contribution in [0.25, 0.3) is 6.08 Å². The maximum atomic E-state index is 3.44. The minimum absolute atomic E-state index is 1.04. The normalized spacial score (nSPS) is 14.5. The Kier molecular flexibility index (Phi) is 2.50. The van der Waals surface area contributed by atoms with Gasteiger partial charge in [-0.3, -0.25) is 0 Å². The first kappa shape index (κ1) is 8.57. The number of allylic oxidation sites excluding steroid dienone is 1. The maximum absolute atomic E-state index is 3.44. The SMILES string of the molecule is CNCCc1cc2c([nH]1)C=CCC2. The Morgan fingerprint density at radius 3 is 3.23 bits per heavy atom. The molecule has 13 heavy (non-hydrogen) atoms.